The van der Waals surface area contributed by atoms with Crippen LogP contribution in [0.2, 0.25) is 0 Å². The molecule has 1 fully saturated rings. The Kier molecular flexibility index (Phi) is 5.70. The Morgan fingerprint density at radius 2 is 2.10 bits per heavy atom. The van der Waals surface area contributed by atoms with Crippen molar-refractivity contribution in [2.45, 2.75) is 71.4 Å². The summed E-state index contributed by atoms with van der Waals surface area (Å²) < 4.78 is 3.38. The highest BCUT2D eigenvalue weighted by Crippen LogP contribution is 2.20. The lowest BCUT2D eigenvalue weighted by molar-refractivity contribution is -0.659. The summed E-state index contributed by atoms with van der Waals surface area (Å²) in [7, 11) is 0. The van der Waals surface area contributed by atoms with Crippen molar-refractivity contribution in [3.63, 3.8) is 0 Å². The Hall–Kier alpha value is -2.96. The molecule has 0 atom stereocenters. The topological polar surface area (TPSA) is 93.4 Å². The highest BCUT2D eigenvalue weighted by Gasteiger charge is 2.26. The van der Waals surface area contributed by atoms with Gasteiger partial charge in [0.05, 0.1) is 6.54 Å². The van der Waals surface area contributed by atoms with Crippen LogP contribution in [0.3, 0.4) is 0 Å². The first-order valence-electron chi connectivity index (χ1n) is 11.0. The minimum absolute atomic E-state index is 0.170. The summed E-state index contributed by atoms with van der Waals surface area (Å²) in [6.45, 7) is 4.64. The number of amides is 1. The third-order valence-corrected chi connectivity index (χ3v) is 6.10. The fraction of sp³-hybridized carbons (Fsp3) is 0.478. The number of aromatic nitrogens is 3. The maximum atomic E-state index is 13.3. The molecule has 0 radical (unpaired) electrons. The zero-order valence-electron chi connectivity index (χ0n) is 17.8. The van der Waals surface area contributed by atoms with Crippen LogP contribution in [0.15, 0.2) is 29.2 Å². The molecule has 3 aromatic rings. The molecular formula is C23H30N5O2+. The Labute approximate surface area is 175 Å². The van der Waals surface area contributed by atoms with E-state index in [1.54, 1.807) is 16.7 Å². The molecular weight excluding hydrogens is 378 g/mol. The number of nitrogen functional groups attached to an aromatic ring is 1. The smallest absolute Gasteiger partial charge is 0.278 e. The number of nitrogens with one attached hydrogen (secondary N) is 1. The van der Waals surface area contributed by atoms with Gasteiger partial charge in [-0.05, 0) is 38.3 Å². The van der Waals surface area contributed by atoms with Crippen LogP contribution in [-0.4, -0.2) is 21.3 Å². The molecule has 158 valence electrons. The largest absolute Gasteiger partial charge is 0.349 e. The van der Waals surface area contributed by atoms with E-state index < -0.39 is 0 Å². The van der Waals surface area contributed by atoms with Gasteiger partial charge in [-0.25, -0.2) is 4.57 Å². The van der Waals surface area contributed by atoms with Crippen LogP contribution in [0.4, 0.5) is 5.82 Å². The Bertz CT molecular complexity index is 1160. The molecule has 0 saturated heterocycles. The first-order chi connectivity index (χ1) is 14.5. The monoisotopic (exact) mass is 408 g/mol. The summed E-state index contributed by atoms with van der Waals surface area (Å²) in [6, 6.07) is 5.55. The summed E-state index contributed by atoms with van der Waals surface area (Å²) in [5.41, 5.74) is 8.71. The van der Waals surface area contributed by atoms with Gasteiger partial charge < -0.3 is 11.1 Å². The first-order valence-corrected chi connectivity index (χ1v) is 11.0. The second-order valence-electron chi connectivity index (χ2n) is 8.30. The maximum absolute atomic E-state index is 13.3. The van der Waals surface area contributed by atoms with Gasteiger partial charge in [-0.15, -0.1) is 0 Å². The SMILES string of the molecule is CCCC[n+]1c(N)c(C(=O)NC2CCCCC2)cc2c(=O)n3cccc(C)c3nc21. The number of nitrogens with two attached hydrogens (primary N) is 1. The van der Waals surface area contributed by atoms with E-state index >= 15 is 0 Å². The molecule has 1 amide bonds. The normalized spacial score (nSPS) is 15.0. The molecule has 1 saturated carbocycles. The van der Waals surface area contributed by atoms with Crippen molar-refractivity contribution in [1.82, 2.24) is 14.7 Å². The molecule has 3 N–H and O–H groups in total. The molecule has 3 aromatic heterocycles. The summed E-state index contributed by atoms with van der Waals surface area (Å²) in [6.07, 6.45) is 9.02. The van der Waals surface area contributed by atoms with Crippen molar-refractivity contribution in [3.8, 4) is 0 Å². The molecule has 7 heteroatoms. The van der Waals surface area contributed by atoms with Crippen molar-refractivity contribution >= 4 is 28.4 Å². The van der Waals surface area contributed by atoms with Gasteiger partial charge in [-0.3, -0.25) is 14.0 Å². The van der Waals surface area contributed by atoms with Gasteiger partial charge in [0.2, 0.25) is 11.5 Å². The summed E-state index contributed by atoms with van der Waals surface area (Å²) in [5.74, 6) is 0.161. The number of unbranched alkanes of at least 4 members (excludes halogenated alkanes) is 1. The van der Waals surface area contributed by atoms with Gasteiger partial charge in [-0.1, -0.05) is 43.7 Å². The zero-order valence-corrected chi connectivity index (χ0v) is 17.8. The quantitative estimate of drug-likeness (QED) is 0.501. The van der Waals surface area contributed by atoms with E-state index in [4.69, 9.17) is 10.7 Å². The van der Waals surface area contributed by atoms with Crippen LogP contribution >= 0.6 is 0 Å². The number of hydrogen-bond donors (Lipinski definition) is 2. The number of carbonyl (C=O) groups excluding carboxylic acids is 1. The summed E-state index contributed by atoms with van der Waals surface area (Å²) in [4.78, 5) is 31.2. The van der Waals surface area contributed by atoms with E-state index in [0.29, 0.717) is 34.6 Å². The minimum atomic E-state index is -0.208. The lowest BCUT2D eigenvalue weighted by Gasteiger charge is -2.23. The van der Waals surface area contributed by atoms with E-state index in [9.17, 15) is 9.59 Å². The molecule has 1 aliphatic carbocycles. The lowest BCUT2D eigenvalue weighted by Crippen LogP contribution is -2.44. The minimum Gasteiger partial charge on any atom is -0.349 e. The van der Waals surface area contributed by atoms with Crippen LogP contribution < -0.4 is 21.2 Å². The first kappa shape index (κ1) is 20.3. The van der Waals surface area contributed by atoms with Gasteiger partial charge in [0.1, 0.15) is 10.9 Å². The van der Waals surface area contributed by atoms with E-state index in [0.717, 1.165) is 44.1 Å². The average Bonchev–Trinajstić information content (AvgIpc) is 2.74. The van der Waals surface area contributed by atoms with Crippen molar-refractivity contribution in [2.24, 2.45) is 0 Å². The molecule has 0 bridgehead atoms. The Morgan fingerprint density at radius 3 is 2.83 bits per heavy atom. The van der Waals surface area contributed by atoms with Crippen LogP contribution in [0.5, 0.6) is 0 Å². The van der Waals surface area contributed by atoms with Crippen molar-refractivity contribution < 1.29 is 9.36 Å². The van der Waals surface area contributed by atoms with Gasteiger partial charge in [0.25, 0.3) is 17.1 Å². The molecule has 0 unspecified atom stereocenters. The number of fused-ring (bicyclic) bond motifs is 2. The molecule has 3 heterocycles. The van der Waals surface area contributed by atoms with Crippen molar-refractivity contribution in [2.75, 3.05) is 5.73 Å². The van der Waals surface area contributed by atoms with E-state index in [1.165, 1.54) is 6.42 Å². The number of rotatable bonds is 5. The Morgan fingerprint density at radius 1 is 1.33 bits per heavy atom. The predicted octanol–water partition coefficient (Wildman–Crippen LogP) is 2.89. The number of carbonyl (C=O) groups is 1. The molecule has 0 aromatic carbocycles. The Balaban J connectivity index is 1.89. The standard InChI is InChI=1S/C23H29N5O2/c1-3-4-12-27-19(24)17(22(29)25-16-10-6-5-7-11-16)14-18-21(27)26-20-15(2)9-8-13-28(20)23(18)30/h8-9,13-14,16,24H,3-7,10-12H2,1-2H3,(H,25,29)/p+1. The van der Waals surface area contributed by atoms with Gasteiger partial charge >= 0.3 is 0 Å². The molecule has 30 heavy (non-hydrogen) atoms. The fourth-order valence-corrected chi connectivity index (χ4v) is 4.34. The summed E-state index contributed by atoms with van der Waals surface area (Å²) in [5, 5.41) is 3.54. The summed E-state index contributed by atoms with van der Waals surface area (Å²) >= 11 is 0. The zero-order chi connectivity index (χ0) is 21.3. The van der Waals surface area contributed by atoms with Crippen molar-refractivity contribution in [3.05, 3.63) is 45.9 Å². The van der Waals surface area contributed by atoms with Crippen molar-refractivity contribution in [1.29, 1.82) is 0 Å². The predicted molar refractivity (Wildman–Crippen MR) is 118 cm³/mol. The second kappa shape index (κ2) is 8.42. The van der Waals surface area contributed by atoms with Crippen LogP contribution in [0.1, 0.15) is 67.8 Å². The average molecular weight is 409 g/mol. The number of pyridine rings is 2. The third-order valence-electron chi connectivity index (χ3n) is 6.10. The number of aryl methyl sites for hydroxylation is 2. The van der Waals surface area contributed by atoms with Gasteiger partial charge in [0, 0.05) is 17.8 Å². The van der Waals surface area contributed by atoms with Crippen LogP contribution in [0.25, 0.3) is 16.7 Å². The van der Waals surface area contributed by atoms with E-state index in [2.05, 4.69) is 12.2 Å². The van der Waals surface area contributed by atoms with Gasteiger partial charge in [-0.2, -0.15) is 0 Å². The highest BCUT2D eigenvalue weighted by atomic mass is 16.2. The lowest BCUT2D eigenvalue weighted by atomic mass is 9.95. The number of anilines is 1. The molecule has 7 nitrogen and oxygen atoms in total. The van der Waals surface area contributed by atoms with Gasteiger partial charge in [0.15, 0.2) is 0 Å². The fourth-order valence-electron chi connectivity index (χ4n) is 4.34. The van der Waals surface area contributed by atoms with E-state index in [1.807, 2.05) is 23.6 Å². The van der Waals surface area contributed by atoms with Crippen LogP contribution in [-0.2, 0) is 6.54 Å². The highest BCUT2D eigenvalue weighted by molar-refractivity contribution is 6.00. The maximum Gasteiger partial charge on any atom is 0.278 e. The third kappa shape index (κ3) is 3.64. The molecule has 0 aliphatic heterocycles. The second-order valence-corrected chi connectivity index (χ2v) is 8.30. The number of nitrogens with zero attached hydrogens (tertiary/aromatic N) is 3. The molecule has 1 aliphatic rings. The molecule has 0 spiro atoms. The van der Waals surface area contributed by atoms with E-state index in [-0.39, 0.29) is 17.5 Å². The molecule has 4 rings (SSSR count). The number of hydrogen-bond acceptors (Lipinski definition) is 4. The van der Waals surface area contributed by atoms with Crippen LogP contribution in [0, 0.1) is 6.92 Å².